The molecule has 10 heteroatoms. The number of hydrogen-bond donors (Lipinski definition) is 0. The molecular weight excluding hydrogens is 569 g/mol. The van der Waals surface area contributed by atoms with Crippen molar-refractivity contribution in [3.8, 4) is 0 Å². The molecule has 1 aliphatic heterocycles. The van der Waals surface area contributed by atoms with Crippen LogP contribution in [0, 0.1) is 11.6 Å². The third-order valence-electron chi connectivity index (χ3n) is 6.46. The van der Waals surface area contributed by atoms with Crippen molar-refractivity contribution in [1.29, 1.82) is 0 Å². The van der Waals surface area contributed by atoms with Crippen molar-refractivity contribution in [2.45, 2.75) is 16.5 Å². The Morgan fingerprint density at radius 1 is 0.921 bits per heavy atom. The summed E-state index contributed by atoms with van der Waals surface area (Å²) in [5.74, 6) is -1.30. The highest BCUT2D eigenvalue weighted by atomic mass is 35.5. The van der Waals surface area contributed by atoms with Gasteiger partial charge in [0.1, 0.15) is 11.6 Å². The molecule has 204 valence electrons. The van der Waals surface area contributed by atoms with Crippen LogP contribution >= 0.6 is 35.0 Å². The monoisotopic (exact) mass is 598 g/mol. The molecule has 0 N–H and O–H groups in total. The molecule has 1 fully saturated rings. The second-order valence-electron chi connectivity index (χ2n) is 10.1. The number of halogens is 4. The lowest BCUT2D eigenvalue weighted by Gasteiger charge is -2.53. The number of nitrogens with zero attached hydrogens (tertiary/aromatic N) is 2. The van der Waals surface area contributed by atoms with Crippen molar-refractivity contribution < 1.29 is 17.2 Å². The highest BCUT2D eigenvalue weighted by Gasteiger charge is 2.49. The number of rotatable bonds is 11. The number of thioether (sulfide) groups is 1. The van der Waals surface area contributed by atoms with E-state index in [0.29, 0.717) is 23.1 Å². The van der Waals surface area contributed by atoms with Crippen molar-refractivity contribution >= 4 is 44.8 Å². The zero-order chi connectivity index (χ0) is 27.5. The number of benzene rings is 3. The summed E-state index contributed by atoms with van der Waals surface area (Å²) < 4.78 is 53.5. The first-order valence-electron chi connectivity index (χ1n) is 12.1. The van der Waals surface area contributed by atoms with Crippen LogP contribution in [0.15, 0.2) is 66.7 Å². The Balaban J connectivity index is 1.59. The lowest BCUT2D eigenvalue weighted by molar-refractivity contribution is 0.103. The van der Waals surface area contributed by atoms with Crippen molar-refractivity contribution in [1.82, 2.24) is 9.80 Å². The predicted molar refractivity (Wildman–Crippen MR) is 154 cm³/mol. The minimum atomic E-state index is -3.66. The molecule has 0 unspecified atom stereocenters. The molecule has 4 rings (SSSR count). The van der Waals surface area contributed by atoms with Crippen LogP contribution < -0.4 is 0 Å². The van der Waals surface area contributed by atoms with Gasteiger partial charge < -0.3 is 4.90 Å². The summed E-state index contributed by atoms with van der Waals surface area (Å²) >= 11 is 13.9. The molecule has 0 radical (unpaired) electrons. The van der Waals surface area contributed by atoms with Gasteiger partial charge in [-0.05, 0) is 67.2 Å². The summed E-state index contributed by atoms with van der Waals surface area (Å²) in [6.45, 7) is 1.88. The van der Waals surface area contributed by atoms with Gasteiger partial charge in [-0.15, -0.1) is 0 Å². The lowest BCUT2D eigenvalue weighted by atomic mass is 9.90. The molecular formula is C28H30Cl2F2N2O2S2. The maximum Gasteiger partial charge on any atom is 0.155 e. The van der Waals surface area contributed by atoms with Gasteiger partial charge in [0, 0.05) is 41.5 Å². The van der Waals surface area contributed by atoms with Gasteiger partial charge in [0.2, 0.25) is 0 Å². The molecule has 0 spiro atoms. The molecule has 1 heterocycles. The molecule has 1 saturated heterocycles. The standard InChI is InChI=1S/C28H30Cl2F2N2O2S2/c1-33(2)11-12-37-28(19-38(35,36)16-20-13-25(31)15-26(32)14-20)17-34(18-28)27(21-3-7-23(29)8-4-21)22-5-9-24(30)10-6-22/h3-10,13-15,27H,11-12,16-19H2,1-2H3. The van der Waals surface area contributed by atoms with Crippen molar-refractivity contribution in [2.75, 3.05) is 45.2 Å². The summed E-state index contributed by atoms with van der Waals surface area (Å²) in [7, 11) is 0.301. The summed E-state index contributed by atoms with van der Waals surface area (Å²) in [4.78, 5) is 4.32. The van der Waals surface area contributed by atoms with Crippen LogP contribution in [0.3, 0.4) is 0 Å². The normalized spacial score (nSPS) is 15.7. The van der Waals surface area contributed by atoms with Crippen LogP contribution in [0.4, 0.5) is 8.78 Å². The largest absolute Gasteiger partial charge is 0.309 e. The Morgan fingerprint density at radius 2 is 1.42 bits per heavy atom. The van der Waals surface area contributed by atoms with Gasteiger partial charge in [0.15, 0.2) is 9.84 Å². The smallest absolute Gasteiger partial charge is 0.155 e. The van der Waals surface area contributed by atoms with Crippen LogP contribution in [0.25, 0.3) is 0 Å². The third-order valence-corrected chi connectivity index (χ3v) is 10.3. The first-order chi connectivity index (χ1) is 17.9. The fourth-order valence-corrected chi connectivity index (χ4v) is 9.14. The van der Waals surface area contributed by atoms with Crippen molar-refractivity contribution in [2.24, 2.45) is 0 Å². The van der Waals surface area contributed by atoms with E-state index < -0.39 is 32.0 Å². The zero-order valence-electron chi connectivity index (χ0n) is 21.2. The van der Waals surface area contributed by atoms with Crippen LogP contribution in [0.1, 0.15) is 22.7 Å². The van der Waals surface area contributed by atoms with Gasteiger partial charge in [-0.25, -0.2) is 17.2 Å². The van der Waals surface area contributed by atoms with E-state index in [4.69, 9.17) is 23.2 Å². The van der Waals surface area contributed by atoms with Gasteiger partial charge in [-0.2, -0.15) is 11.8 Å². The van der Waals surface area contributed by atoms with Crippen molar-refractivity contribution in [3.63, 3.8) is 0 Å². The Hall–Kier alpha value is -1.68. The first-order valence-corrected chi connectivity index (χ1v) is 15.7. The topological polar surface area (TPSA) is 40.6 Å². The maximum absolute atomic E-state index is 13.7. The Morgan fingerprint density at radius 3 is 1.89 bits per heavy atom. The molecule has 0 saturated carbocycles. The van der Waals surface area contributed by atoms with E-state index >= 15 is 0 Å². The minimum absolute atomic E-state index is 0.0827. The molecule has 0 atom stereocenters. The number of sulfone groups is 1. The van der Waals surface area contributed by atoms with Gasteiger partial charge >= 0.3 is 0 Å². The van der Waals surface area contributed by atoms with Gasteiger partial charge in [0.25, 0.3) is 0 Å². The van der Waals surface area contributed by atoms with Crippen LogP contribution in [-0.2, 0) is 15.6 Å². The van der Waals surface area contributed by atoms with E-state index in [1.54, 1.807) is 11.8 Å². The van der Waals surface area contributed by atoms with Gasteiger partial charge in [-0.3, -0.25) is 4.90 Å². The SMILES string of the molecule is CN(C)CCSC1(CS(=O)(=O)Cc2cc(F)cc(F)c2)CN(C(c2ccc(Cl)cc2)c2ccc(Cl)cc2)C1. The molecule has 38 heavy (non-hydrogen) atoms. The first kappa shape index (κ1) is 29.3. The summed E-state index contributed by atoms with van der Waals surface area (Å²) in [6.07, 6.45) is 0. The number of hydrogen-bond acceptors (Lipinski definition) is 5. The summed E-state index contributed by atoms with van der Waals surface area (Å²) in [5.41, 5.74) is 2.20. The Kier molecular flexibility index (Phi) is 9.43. The highest BCUT2D eigenvalue weighted by Crippen LogP contribution is 2.44. The zero-order valence-corrected chi connectivity index (χ0v) is 24.4. The molecule has 0 bridgehead atoms. The molecule has 0 amide bonds. The third kappa shape index (κ3) is 7.71. The Bertz CT molecular complexity index is 1280. The maximum atomic E-state index is 13.7. The fraction of sp³-hybridized carbons (Fsp3) is 0.357. The quantitative estimate of drug-likeness (QED) is 0.258. The predicted octanol–water partition coefficient (Wildman–Crippen LogP) is 6.33. The number of likely N-dealkylation sites (tertiary alicyclic amines) is 1. The van der Waals surface area contributed by atoms with Gasteiger partial charge in [-0.1, -0.05) is 47.5 Å². The van der Waals surface area contributed by atoms with Gasteiger partial charge in [0.05, 0.1) is 22.3 Å². The van der Waals surface area contributed by atoms with E-state index in [9.17, 15) is 17.2 Å². The minimum Gasteiger partial charge on any atom is -0.309 e. The second-order valence-corrected chi connectivity index (χ2v) is 14.6. The molecule has 3 aromatic carbocycles. The van der Waals surface area contributed by atoms with E-state index in [1.165, 1.54) is 0 Å². The summed E-state index contributed by atoms with van der Waals surface area (Å²) in [6, 6.07) is 18.1. The fourth-order valence-electron chi connectivity index (χ4n) is 4.85. The van der Waals surface area contributed by atoms with E-state index in [1.807, 2.05) is 62.6 Å². The molecule has 1 aliphatic rings. The second kappa shape index (κ2) is 12.2. The van der Waals surface area contributed by atoms with Crippen LogP contribution in [0.5, 0.6) is 0 Å². The average molecular weight is 600 g/mol. The van der Waals surface area contributed by atoms with E-state index in [0.717, 1.165) is 41.6 Å². The Labute approximate surface area is 237 Å². The molecule has 0 aliphatic carbocycles. The molecule has 3 aromatic rings. The molecule has 4 nitrogen and oxygen atoms in total. The van der Waals surface area contributed by atoms with E-state index in [2.05, 4.69) is 9.80 Å². The molecule has 0 aromatic heterocycles. The lowest BCUT2D eigenvalue weighted by Crippen LogP contribution is -2.63. The summed E-state index contributed by atoms with van der Waals surface area (Å²) in [5, 5.41) is 1.28. The van der Waals surface area contributed by atoms with Crippen molar-refractivity contribution in [3.05, 3.63) is 105 Å². The van der Waals surface area contributed by atoms with Crippen LogP contribution in [-0.4, -0.2) is 68.2 Å². The van der Waals surface area contributed by atoms with E-state index in [-0.39, 0.29) is 17.4 Å². The average Bonchev–Trinajstić information content (AvgIpc) is 2.79. The highest BCUT2D eigenvalue weighted by molar-refractivity contribution is 8.02. The van der Waals surface area contributed by atoms with Crippen LogP contribution in [0.2, 0.25) is 10.0 Å².